The zero-order valence-electron chi connectivity index (χ0n) is 4.40. The van der Waals surface area contributed by atoms with Gasteiger partial charge in [-0.1, -0.05) is 0 Å². The van der Waals surface area contributed by atoms with Crippen LogP contribution in [0, 0.1) is 30.6 Å². The SMILES string of the molecule is N.O=[N+]([O-])[O-].O=[N+]([O-])[O-].[Ru+2]. The molecule has 3 N–H and O–H groups in total. The van der Waals surface area contributed by atoms with E-state index in [1.165, 1.54) is 0 Å². The Hall–Kier alpha value is -1.02. The van der Waals surface area contributed by atoms with Gasteiger partial charge in [-0.15, -0.1) is 0 Å². The molecule has 10 heavy (non-hydrogen) atoms. The first kappa shape index (κ1) is 23.1. The van der Waals surface area contributed by atoms with Crippen LogP contribution in [0.25, 0.3) is 0 Å². The van der Waals surface area contributed by atoms with Crippen LogP contribution in [0.2, 0.25) is 0 Å². The van der Waals surface area contributed by atoms with Gasteiger partial charge in [0, 0.05) is 0 Å². The predicted molar refractivity (Wildman–Crippen MR) is 25.7 cm³/mol. The van der Waals surface area contributed by atoms with E-state index in [-0.39, 0.29) is 25.6 Å². The van der Waals surface area contributed by atoms with Crippen molar-refractivity contribution in [2.45, 2.75) is 0 Å². The summed E-state index contributed by atoms with van der Waals surface area (Å²) in [5, 5.41) is 29.5. The van der Waals surface area contributed by atoms with Crippen LogP contribution >= 0.6 is 0 Å². The van der Waals surface area contributed by atoms with Crippen molar-refractivity contribution in [3.63, 3.8) is 0 Å². The average molecular weight is 242 g/mol. The average Bonchev–Trinajstić information content (AvgIpc) is 1.25. The van der Waals surface area contributed by atoms with Gasteiger partial charge in [-0.05, 0) is 0 Å². The second-order valence-corrected chi connectivity index (χ2v) is 0.447. The third-order valence-corrected chi connectivity index (χ3v) is 0. The first-order chi connectivity index (χ1) is 3.46. The van der Waals surface area contributed by atoms with Crippen LogP contribution in [0.15, 0.2) is 0 Å². The maximum Gasteiger partial charge on any atom is 2.00 e. The van der Waals surface area contributed by atoms with Gasteiger partial charge < -0.3 is 36.8 Å². The van der Waals surface area contributed by atoms with Crippen molar-refractivity contribution >= 4 is 0 Å². The Kier molecular flexibility index (Phi) is 36.1. The number of nitrogens with zero attached hydrogens (tertiary/aromatic N) is 2. The molecule has 9 nitrogen and oxygen atoms in total. The van der Waals surface area contributed by atoms with Crippen molar-refractivity contribution in [3.05, 3.63) is 30.6 Å². The van der Waals surface area contributed by atoms with Gasteiger partial charge in [0.1, 0.15) is 0 Å². The molecular weight excluding hydrogens is 239 g/mol. The summed E-state index contributed by atoms with van der Waals surface area (Å²) >= 11 is 0. The summed E-state index contributed by atoms with van der Waals surface area (Å²) < 4.78 is 0. The van der Waals surface area contributed by atoms with Crippen LogP contribution in [-0.4, -0.2) is 10.2 Å². The monoisotopic (exact) mass is 243 g/mol. The molecule has 0 aliphatic heterocycles. The molecule has 0 spiro atoms. The molecule has 10 heteroatoms. The van der Waals surface area contributed by atoms with Crippen molar-refractivity contribution in [2.24, 2.45) is 0 Å². The summed E-state index contributed by atoms with van der Waals surface area (Å²) in [7, 11) is 0. The van der Waals surface area contributed by atoms with Gasteiger partial charge >= 0.3 is 19.5 Å². The van der Waals surface area contributed by atoms with Crippen LogP contribution in [0.5, 0.6) is 0 Å². The topological polar surface area (TPSA) is 167 Å². The Labute approximate surface area is 67.2 Å². The molecule has 0 radical (unpaired) electrons. The molecule has 0 aromatic rings. The van der Waals surface area contributed by atoms with E-state index in [2.05, 4.69) is 0 Å². The molecule has 0 amide bonds. The van der Waals surface area contributed by atoms with Crippen LogP contribution in [-0.2, 0) is 19.5 Å². The van der Waals surface area contributed by atoms with Gasteiger partial charge in [-0.2, -0.15) is 0 Å². The maximum absolute atomic E-state index is 8.25. The molecule has 0 rings (SSSR count). The largest absolute Gasteiger partial charge is 2.00 e. The summed E-state index contributed by atoms with van der Waals surface area (Å²) in [4.78, 5) is 16.5. The molecule has 0 unspecified atom stereocenters. The van der Waals surface area contributed by atoms with E-state index in [4.69, 9.17) is 30.6 Å². The number of hydrogen-bond donors (Lipinski definition) is 1. The second kappa shape index (κ2) is 15.7. The van der Waals surface area contributed by atoms with Crippen LogP contribution in [0.1, 0.15) is 0 Å². The zero-order chi connectivity index (χ0) is 7.15. The summed E-state index contributed by atoms with van der Waals surface area (Å²) in [6, 6.07) is 0. The van der Waals surface area contributed by atoms with Crippen LogP contribution in [0.4, 0.5) is 0 Å². The minimum absolute atomic E-state index is 0. The molecule has 0 aromatic heterocycles. The minimum Gasteiger partial charge on any atom is -0.356 e. The Bertz CT molecular complexity index is 71.0. The van der Waals surface area contributed by atoms with E-state index in [9.17, 15) is 0 Å². The first-order valence-corrected chi connectivity index (χ1v) is 1.10. The van der Waals surface area contributed by atoms with E-state index in [0.29, 0.717) is 0 Å². The molecule has 62 valence electrons. The third kappa shape index (κ3) is 242. The Morgan fingerprint density at radius 2 is 0.800 bits per heavy atom. The summed E-state index contributed by atoms with van der Waals surface area (Å²) in [6.45, 7) is 0. The molecule has 0 bridgehead atoms. The van der Waals surface area contributed by atoms with Gasteiger partial charge in [0.25, 0.3) is 0 Å². The fraction of sp³-hybridized carbons (Fsp3) is 0. The molecule has 0 aliphatic carbocycles. The van der Waals surface area contributed by atoms with Crippen molar-refractivity contribution in [3.8, 4) is 0 Å². The minimum atomic E-state index is -1.75. The summed E-state index contributed by atoms with van der Waals surface area (Å²) in [5.74, 6) is 0. The smallest absolute Gasteiger partial charge is 0.356 e. The van der Waals surface area contributed by atoms with E-state index in [0.717, 1.165) is 0 Å². The van der Waals surface area contributed by atoms with Crippen molar-refractivity contribution < 1.29 is 29.7 Å². The Morgan fingerprint density at radius 3 is 0.800 bits per heavy atom. The van der Waals surface area contributed by atoms with E-state index < -0.39 is 10.2 Å². The van der Waals surface area contributed by atoms with Crippen molar-refractivity contribution in [1.82, 2.24) is 6.15 Å². The number of rotatable bonds is 0. The molecule has 0 saturated heterocycles. The van der Waals surface area contributed by atoms with E-state index in [1.807, 2.05) is 0 Å². The summed E-state index contributed by atoms with van der Waals surface area (Å²) in [6.07, 6.45) is 0. The normalized spacial score (nSPS) is 4.80. The third-order valence-electron chi connectivity index (χ3n) is 0. The fourth-order valence-electron chi connectivity index (χ4n) is 0. The molecule has 0 aromatic carbocycles. The molecule has 0 atom stereocenters. The Balaban J connectivity index is -0.0000000300. The molecule has 0 saturated carbocycles. The predicted octanol–water partition coefficient (Wildman–Crippen LogP) is -0.319. The van der Waals surface area contributed by atoms with E-state index in [1.54, 1.807) is 0 Å². The maximum atomic E-state index is 8.25. The zero-order valence-corrected chi connectivity index (χ0v) is 6.14. The molecule has 0 heterocycles. The number of hydrogen-bond acceptors (Lipinski definition) is 7. The van der Waals surface area contributed by atoms with Crippen LogP contribution in [0.3, 0.4) is 0 Å². The van der Waals surface area contributed by atoms with Gasteiger partial charge in [0.2, 0.25) is 0 Å². The first-order valence-electron chi connectivity index (χ1n) is 1.10. The molecular formula is H3N3O6Ru. The summed E-state index contributed by atoms with van der Waals surface area (Å²) in [5.41, 5.74) is 0. The van der Waals surface area contributed by atoms with Crippen molar-refractivity contribution in [1.29, 1.82) is 0 Å². The van der Waals surface area contributed by atoms with Crippen LogP contribution < -0.4 is 6.15 Å². The molecule has 0 aliphatic rings. The van der Waals surface area contributed by atoms with E-state index >= 15 is 0 Å². The van der Waals surface area contributed by atoms with Crippen molar-refractivity contribution in [2.75, 3.05) is 0 Å². The Morgan fingerprint density at radius 1 is 0.800 bits per heavy atom. The fourth-order valence-corrected chi connectivity index (χ4v) is 0. The van der Waals surface area contributed by atoms with Gasteiger partial charge in [-0.25, -0.2) is 0 Å². The van der Waals surface area contributed by atoms with Gasteiger partial charge in [-0.3, -0.25) is 0 Å². The standard InChI is InChI=1S/2NO3.H3N.Ru/c2*2-1(3)4;;/h;;1H3;/q2*-1;;+2. The van der Waals surface area contributed by atoms with Gasteiger partial charge in [0.05, 0.1) is 10.2 Å². The van der Waals surface area contributed by atoms with Gasteiger partial charge in [0.15, 0.2) is 0 Å². The quantitative estimate of drug-likeness (QED) is 0.344. The molecule has 0 fully saturated rings. The second-order valence-electron chi connectivity index (χ2n) is 0.447.